The summed E-state index contributed by atoms with van der Waals surface area (Å²) in [5, 5.41) is 0. The van der Waals surface area contributed by atoms with Gasteiger partial charge in [-0.05, 0) is 92.5 Å². The highest BCUT2D eigenvalue weighted by molar-refractivity contribution is 6.22. The average molecular weight is 419 g/mol. The van der Waals surface area contributed by atoms with Crippen LogP contribution in [0, 0.1) is 37.5 Å². The maximum absolute atomic E-state index is 12.9. The summed E-state index contributed by atoms with van der Waals surface area (Å²) < 4.78 is 10.8. The summed E-state index contributed by atoms with van der Waals surface area (Å²) in [6.45, 7) is 3.78. The zero-order valence-corrected chi connectivity index (χ0v) is 17.7. The Kier molecular flexibility index (Phi) is 4.80. The van der Waals surface area contributed by atoms with E-state index in [0.717, 1.165) is 30.4 Å². The third-order valence-corrected chi connectivity index (χ3v) is 7.09. The fourth-order valence-corrected chi connectivity index (χ4v) is 5.43. The predicted octanol–water partition coefficient (Wildman–Crippen LogP) is 3.82. The normalized spacial score (nSPS) is 26.3. The summed E-state index contributed by atoms with van der Waals surface area (Å²) in [5.74, 6) is 0.700. The second-order valence-electron chi connectivity index (χ2n) is 8.90. The number of benzene rings is 2. The minimum atomic E-state index is -0.523. The lowest BCUT2D eigenvalue weighted by Gasteiger charge is -2.19. The van der Waals surface area contributed by atoms with Crippen LogP contribution in [0.1, 0.15) is 30.4 Å². The summed E-state index contributed by atoms with van der Waals surface area (Å²) in [7, 11) is 0. The Balaban J connectivity index is 1.21. The quantitative estimate of drug-likeness (QED) is 0.418. The van der Waals surface area contributed by atoms with Gasteiger partial charge in [-0.1, -0.05) is 6.07 Å². The Labute approximate surface area is 181 Å². The van der Waals surface area contributed by atoms with E-state index in [2.05, 4.69) is 0 Å². The molecule has 0 radical (unpaired) electrons. The number of hydrogen-bond donors (Lipinski definition) is 0. The molecule has 3 aliphatic rings. The molecule has 1 saturated heterocycles. The fourth-order valence-electron chi connectivity index (χ4n) is 5.43. The molecule has 2 aromatic carbocycles. The van der Waals surface area contributed by atoms with Crippen molar-refractivity contribution in [1.29, 1.82) is 0 Å². The van der Waals surface area contributed by atoms with E-state index in [0.29, 0.717) is 29.0 Å². The lowest BCUT2D eigenvalue weighted by Crippen LogP contribution is -2.32. The van der Waals surface area contributed by atoms with E-state index in [1.165, 1.54) is 4.90 Å². The fraction of sp³-hybridized carbons (Fsp3) is 0.400. The number of aryl methyl sites for hydroxylation is 2. The first-order valence-electron chi connectivity index (χ1n) is 10.8. The van der Waals surface area contributed by atoms with Crippen LogP contribution in [0.15, 0.2) is 42.5 Å². The van der Waals surface area contributed by atoms with E-state index in [9.17, 15) is 14.4 Å². The maximum Gasteiger partial charge on any atom is 0.349 e. The van der Waals surface area contributed by atoms with Crippen LogP contribution in [-0.2, 0) is 14.4 Å². The van der Waals surface area contributed by atoms with Gasteiger partial charge in [0.1, 0.15) is 11.5 Å². The molecule has 2 saturated carbocycles. The van der Waals surface area contributed by atoms with E-state index in [4.69, 9.17) is 9.47 Å². The number of fused-ring (bicyclic) bond motifs is 5. The molecule has 0 unspecified atom stereocenters. The van der Waals surface area contributed by atoms with Crippen LogP contribution in [-0.4, -0.2) is 24.4 Å². The number of imide groups is 1. The van der Waals surface area contributed by atoms with Crippen LogP contribution in [0.5, 0.6) is 11.5 Å². The van der Waals surface area contributed by atoms with E-state index < -0.39 is 5.97 Å². The molecule has 6 heteroatoms. The van der Waals surface area contributed by atoms with Gasteiger partial charge in [0.15, 0.2) is 6.61 Å². The van der Waals surface area contributed by atoms with Crippen LogP contribution in [0.25, 0.3) is 0 Å². The standard InChI is InChI=1S/C25H25NO5/c1-14-3-8-20(11-15(14)2)30-13-21(27)31-19-9-6-18(7-10-19)26-24(28)22-16-4-5-17(12-16)23(22)25(26)29/h3,6-11,16-17,22-23H,4-5,12-13H2,1-2H3/t16-,17-,22-,23-/m0/s1. The zero-order chi connectivity index (χ0) is 21.7. The SMILES string of the molecule is Cc1ccc(OCC(=O)Oc2ccc(N3C(=O)[C@H]4[C@H]5CC[C@@H](C5)[C@@H]4C3=O)cc2)cc1C. The van der Waals surface area contributed by atoms with Crippen molar-refractivity contribution in [2.24, 2.45) is 23.7 Å². The van der Waals surface area contributed by atoms with Gasteiger partial charge >= 0.3 is 5.97 Å². The third kappa shape index (κ3) is 3.40. The monoisotopic (exact) mass is 419 g/mol. The number of carbonyl (C=O) groups excluding carboxylic acids is 3. The molecule has 6 nitrogen and oxygen atoms in total. The van der Waals surface area contributed by atoms with Crippen molar-refractivity contribution in [3.05, 3.63) is 53.6 Å². The van der Waals surface area contributed by atoms with Crippen LogP contribution in [0.3, 0.4) is 0 Å². The van der Waals surface area contributed by atoms with E-state index in [1.807, 2.05) is 32.0 Å². The first-order valence-corrected chi connectivity index (χ1v) is 10.8. The van der Waals surface area contributed by atoms with Crippen LogP contribution in [0.2, 0.25) is 0 Å². The van der Waals surface area contributed by atoms with Crippen molar-refractivity contribution in [2.75, 3.05) is 11.5 Å². The van der Waals surface area contributed by atoms with Crippen LogP contribution in [0.4, 0.5) is 5.69 Å². The van der Waals surface area contributed by atoms with Gasteiger partial charge in [-0.2, -0.15) is 0 Å². The second kappa shape index (κ2) is 7.52. The van der Waals surface area contributed by atoms with Crippen LogP contribution >= 0.6 is 0 Å². The van der Waals surface area contributed by atoms with E-state index >= 15 is 0 Å². The van der Waals surface area contributed by atoms with Crippen molar-refractivity contribution < 1.29 is 23.9 Å². The second-order valence-corrected chi connectivity index (χ2v) is 8.90. The summed E-state index contributed by atoms with van der Waals surface area (Å²) in [6.07, 6.45) is 3.12. The van der Waals surface area contributed by atoms with Gasteiger partial charge in [0.2, 0.25) is 11.8 Å². The molecule has 1 heterocycles. The van der Waals surface area contributed by atoms with E-state index in [1.54, 1.807) is 24.3 Å². The Morgan fingerprint density at radius 1 is 0.903 bits per heavy atom. The summed E-state index contributed by atoms with van der Waals surface area (Å²) in [6, 6.07) is 12.2. The molecule has 2 aromatic rings. The summed E-state index contributed by atoms with van der Waals surface area (Å²) in [4.78, 5) is 39.3. The summed E-state index contributed by atoms with van der Waals surface area (Å²) in [5.41, 5.74) is 2.78. The van der Waals surface area contributed by atoms with Gasteiger partial charge in [-0.3, -0.25) is 14.5 Å². The van der Waals surface area contributed by atoms with Crippen molar-refractivity contribution in [2.45, 2.75) is 33.1 Å². The molecular weight excluding hydrogens is 394 g/mol. The molecule has 0 N–H and O–H groups in total. The number of amides is 2. The Hall–Kier alpha value is -3.15. The number of nitrogens with zero attached hydrogens (tertiary/aromatic N) is 1. The molecule has 5 rings (SSSR count). The summed E-state index contributed by atoms with van der Waals surface area (Å²) >= 11 is 0. The smallest absolute Gasteiger partial charge is 0.349 e. The van der Waals surface area contributed by atoms with Crippen molar-refractivity contribution in [1.82, 2.24) is 0 Å². The molecule has 31 heavy (non-hydrogen) atoms. The molecule has 160 valence electrons. The van der Waals surface area contributed by atoms with Crippen LogP contribution < -0.4 is 14.4 Å². The van der Waals surface area contributed by atoms with Gasteiger partial charge in [0, 0.05) is 0 Å². The number of anilines is 1. The van der Waals surface area contributed by atoms with Crippen molar-refractivity contribution in [3.8, 4) is 11.5 Å². The Bertz CT molecular complexity index is 1030. The molecule has 2 aliphatic carbocycles. The first-order chi connectivity index (χ1) is 14.9. The number of esters is 1. The van der Waals surface area contributed by atoms with E-state index in [-0.39, 0.29) is 30.3 Å². The predicted molar refractivity (Wildman–Crippen MR) is 114 cm³/mol. The number of ether oxygens (including phenoxy) is 2. The topological polar surface area (TPSA) is 72.9 Å². The average Bonchev–Trinajstić information content (AvgIpc) is 3.44. The Morgan fingerprint density at radius 2 is 1.52 bits per heavy atom. The minimum absolute atomic E-state index is 0.0752. The molecule has 3 fully saturated rings. The van der Waals surface area contributed by atoms with Gasteiger partial charge in [0.05, 0.1) is 17.5 Å². The van der Waals surface area contributed by atoms with Gasteiger partial charge in [0.25, 0.3) is 0 Å². The highest BCUT2D eigenvalue weighted by Gasteiger charge is 2.61. The Morgan fingerprint density at radius 3 is 2.13 bits per heavy atom. The van der Waals surface area contributed by atoms with Crippen molar-refractivity contribution in [3.63, 3.8) is 0 Å². The zero-order valence-electron chi connectivity index (χ0n) is 17.7. The van der Waals surface area contributed by atoms with Gasteiger partial charge < -0.3 is 9.47 Å². The maximum atomic E-state index is 12.9. The molecule has 0 aromatic heterocycles. The van der Waals surface area contributed by atoms with Crippen molar-refractivity contribution >= 4 is 23.5 Å². The highest BCUT2D eigenvalue weighted by atomic mass is 16.6. The molecule has 2 amide bonds. The molecule has 4 atom stereocenters. The molecule has 0 spiro atoms. The largest absolute Gasteiger partial charge is 0.482 e. The number of rotatable bonds is 5. The molecule has 1 aliphatic heterocycles. The van der Waals surface area contributed by atoms with Gasteiger partial charge in [-0.25, -0.2) is 4.79 Å². The minimum Gasteiger partial charge on any atom is -0.482 e. The third-order valence-electron chi connectivity index (χ3n) is 7.09. The lowest BCUT2D eigenvalue weighted by atomic mass is 9.81. The first kappa shape index (κ1) is 19.8. The number of carbonyl (C=O) groups is 3. The highest BCUT2D eigenvalue weighted by Crippen LogP contribution is 2.56. The lowest BCUT2D eigenvalue weighted by molar-refractivity contribution is -0.136. The van der Waals surface area contributed by atoms with Gasteiger partial charge in [-0.15, -0.1) is 0 Å². The number of hydrogen-bond acceptors (Lipinski definition) is 5. The molecule has 2 bridgehead atoms. The molecular formula is C25H25NO5.